The number of carbonyl (C=O) groups is 1. The lowest BCUT2D eigenvalue weighted by Crippen LogP contribution is -3.04. The van der Waals surface area contributed by atoms with Gasteiger partial charge in [-0.1, -0.05) is 42.0 Å². The molecule has 0 aliphatic rings. The number of aryl methyl sites for hydroxylation is 2. The maximum absolute atomic E-state index is 12.2. The highest BCUT2D eigenvalue weighted by Crippen LogP contribution is 2.18. The summed E-state index contributed by atoms with van der Waals surface area (Å²) in [5, 5.41) is 11.1. The number of quaternary nitrogens is 1. The lowest BCUT2D eigenvalue weighted by Gasteiger charge is -2.12. The first-order valence-electron chi connectivity index (χ1n) is 9.53. The summed E-state index contributed by atoms with van der Waals surface area (Å²) < 4.78 is 5.68. The van der Waals surface area contributed by atoms with E-state index in [1.165, 1.54) is 16.0 Å². The largest absolute Gasteiger partial charge is 0.421 e. The van der Waals surface area contributed by atoms with E-state index in [0.717, 1.165) is 17.7 Å². The molecule has 0 aliphatic heterocycles. The van der Waals surface area contributed by atoms with Gasteiger partial charge < -0.3 is 14.6 Å². The van der Waals surface area contributed by atoms with Crippen molar-refractivity contribution in [3.05, 3.63) is 71.1 Å². The first kappa shape index (κ1) is 19.8. The summed E-state index contributed by atoms with van der Waals surface area (Å²) in [5.74, 6) is 0.931. The van der Waals surface area contributed by atoms with Crippen molar-refractivity contribution in [1.82, 2.24) is 15.5 Å². The highest BCUT2D eigenvalue weighted by atomic mass is 16.4. The predicted molar refractivity (Wildman–Crippen MR) is 108 cm³/mol. The van der Waals surface area contributed by atoms with Crippen molar-refractivity contribution >= 4 is 5.91 Å². The van der Waals surface area contributed by atoms with Crippen LogP contribution in [0.4, 0.5) is 0 Å². The second-order valence-electron chi connectivity index (χ2n) is 7.30. The average Bonchev–Trinajstić information content (AvgIpc) is 3.15. The quantitative estimate of drug-likeness (QED) is 0.627. The van der Waals surface area contributed by atoms with Gasteiger partial charge in [0, 0.05) is 30.5 Å². The van der Waals surface area contributed by atoms with E-state index in [9.17, 15) is 4.79 Å². The Hall–Kier alpha value is -2.99. The Kier molecular flexibility index (Phi) is 6.55. The Labute approximate surface area is 165 Å². The maximum Gasteiger partial charge on any atom is 0.247 e. The summed E-state index contributed by atoms with van der Waals surface area (Å²) in [6, 6.07) is 16.1. The summed E-state index contributed by atoms with van der Waals surface area (Å²) in [7, 11) is 4.23. The minimum Gasteiger partial charge on any atom is -0.421 e. The monoisotopic (exact) mass is 379 g/mol. The van der Waals surface area contributed by atoms with Gasteiger partial charge in [0.15, 0.2) is 0 Å². The van der Waals surface area contributed by atoms with E-state index in [1.54, 1.807) is 0 Å². The third kappa shape index (κ3) is 5.50. The van der Waals surface area contributed by atoms with Crippen LogP contribution < -0.4 is 10.2 Å². The standard InChI is InChI=1S/C22H26N4O2/c1-16-8-10-17(11-9-16)22-25-24-21(28-22)13-12-20(27)23-14-18-6-4-5-7-19(18)15-26(2)3/h4-11H,12-15H2,1-3H3,(H,23,27)/p+1. The average molecular weight is 379 g/mol. The summed E-state index contributed by atoms with van der Waals surface area (Å²) in [6.07, 6.45) is 0.741. The van der Waals surface area contributed by atoms with Crippen LogP contribution in [0.15, 0.2) is 52.9 Å². The van der Waals surface area contributed by atoms with Gasteiger partial charge in [0.05, 0.1) is 14.1 Å². The van der Waals surface area contributed by atoms with E-state index in [1.807, 2.05) is 43.3 Å². The second kappa shape index (κ2) is 9.28. The van der Waals surface area contributed by atoms with Crippen molar-refractivity contribution in [2.24, 2.45) is 0 Å². The Morgan fingerprint density at radius 1 is 1.04 bits per heavy atom. The lowest BCUT2D eigenvalue weighted by atomic mass is 10.1. The molecule has 0 aliphatic carbocycles. The molecule has 1 amide bonds. The van der Waals surface area contributed by atoms with Crippen LogP contribution in [0.2, 0.25) is 0 Å². The van der Waals surface area contributed by atoms with Crippen LogP contribution >= 0.6 is 0 Å². The number of aromatic nitrogens is 2. The Bertz CT molecular complexity index is 916. The zero-order valence-electron chi connectivity index (χ0n) is 16.7. The minimum absolute atomic E-state index is 0.0258. The molecule has 3 aromatic rings. The topological polar surface area (TPSA) is 72.5 Å². The Balaban J connectivity index is 1.51. The molecule has 2 aromatic carbocycles. The van der Waals surface area contributed by atoms with Crippen molar-refractivity contribution in [2.45, 2.75) is 32.9 Å². The van der Waals surface area contributed by atoms with Crippen LogP contribution in [-0.4, -0.2) is 30.2 Å². The number of nitrogens with zero attached hydrogens (tertiary/aromatic N) is 2. The second-order valence-corrected chi connectivity index (χ2v) is 7.30. The molecule has 0 atom stereocenters. The third-order valence-corrected chi connectivity index (χ3v) is 4.47. The summed E-state index contributed by atoms with van der Waals surface area (Å²) >= 11 is 0. The number of hydrogen-bond donors (Lipinski definition) is 2. The predicted octanol–water partition coefficient (Wildman–Crippen LogP) is 1.94. The molecular formula is C22H27N4O2+. The van der Waals surface area contributed by atoms with Gasteiger partial charge in [-0.2, -0.15) is 0 Å². The van der Waals surface area contributed by atoms with E-state index in [0.29, 0.717) is 31.2 Å². The van der Waals surface area contributed by atoms with E-state index in [2.05, 4.69) is 41.7 Å². The molecule has 2 N–H and O–H groups in total. The Morgan fingerprint density at radius 2 is 1.75 bits per heavy atom. The molecule has 0 unspecified atom stereocenters. The van der Waals surface area contributed by atoms with E-state index in [4.69, 9.17) is 4.42 Å². The van der Waals surface area contributed by atoms with Crippen LogP contribution in [0.1, 0.15) is 29.0 Å². The minimum atomic E-state index is -0.0258. The Morgan fingerprint density at radius 3 is 2.46 bits per heavy atom. The number of carbonyl (C=O) groups excluding carboxylic acids is 1. The van der Waals surface area contributed by atoms with Crippen LogP contribution in [0.3, 0.4) is 0 Å². The van der Waals surface area contributed by atoms with Gasteiger partial charge in [0.2, 0.25) is 17.7 Å². The molecule has 0 saturated heterocycles. The molecule has 0 spiro atoms. The number of benzene rings is 2. The molecule has 6 nitrogen and oxygen atoms in total. The molecule has 6 heteroatoms. The van der Waals surface area contributed by atoms with Crippen LogP contribution in [0.5, 0.6) is 0 Å². The fourth-order valence-corrected chi connectivity index (χ4v) is 2.95. The van der Waals surface area contributed by atoms with E-state index < -0.39 is 0 Å². The summed E-state index contributed by atoms with van der Waals surface area (Å²) in [6.45, 7) is 3.48. The summed E-state index contributed by atoms with van der Waals surface area (Å²) in [5.41, 5.74) is 4.46. The molecule has 0 bridgehead atoms. The normalized spacial score (nSPS) is 11.0. The highest BCUT2D eigenvalue weighted by Gasteiger charge is 2.11. The van der Waals surface area contributed by atoms with Gasteiger partial charge in [-0.15, -0.1) is 10.2 Å². The van der Waals surface area contributed by atoms with Gasteiger partial charge in [0.1, 0.15) is 6.54 Å². The SMILES string of the molecule is Cc1ccc(-c2nnc(CCC(=O)NCc3ccccc3C[NH+](C)C)o2)cc1. The van der Waals surface area contributed by atoms with Crippen LogP contribution in [0.25, 0.3) is 11.5 Å². The first-order valence-corrected chi connectivity index (χ1v) is 9.53. The van der Waals surface area contributed by atoms with Gasteiger partial charge in [0.25, 0.3) is 0 Å². The van der Waals surface area contributed by atoms with Crippen LogP contribution in [-0.2, 0) is 24.3 Å². The number of rotatable bonds is 8. The van der Waals surface area contributed by atoms with Crippen molar-refractivity contribution in [2.75, 3.05) is 14.1 Å². The summed E-state index contributed by atoms with van der Waals surface area (Å²) in [4.78, 5) is 13.6. The molecule has 1 heterocycles. The molecule has 3 rings (SSSR count). The molecule has 0 fully saturated rings. The molecular weight excluding hydrogens is 352 g/mol. The van der Waals surface area contributed by atoms with Crippen molar-refractivity contribution in [1.29, 1.82) is 0 Å². The molecule has 0 saturated carbocycles. The fourth-order valence-electron chi connectivity index (χ4n) is 2.95. The number of amides is 1. The van der Waals surface area contributed by atoms with Gasteiger partial charge >= 0.3 is 0 Å². The van der Waals surface area contributed by atoms with Crippen molar-refractivity contribution < 1.29 is 14.1 Å². The third-order valence-electron chi connectivity index (χ3n) is 4.47. The van der Waals surface area contributed by atoms with Crippen molar-refractivity contribution in [3.8, 4) is 11.5 Å². The van der Waals surface area contributed by atoms with Gasteiger partial charge in [-0.25, -0.2) is 0 Å². The molecule has 1 aromatic heterocycles. The fraction of sp³-hybridized carbons (Fsp3) is 0.318. The van der Waals surface area contributed by atoms with E-state index >= 15 is 0 Å². The maximum atomic E-state index is 12.2. The van der Waals surface area contributed by atoms with E-state index in [-0.39, 0.29) is 5.91 Å². The number of nitrogens with one attached hydrogen (secondary N) is 2. The first-order chi connectivity index (χ1) is 13.5. The molecule has 28 heavy (non-hydrogen) atoms. The number of hydrogen-bond acceptors (Lipinski definition) is 4. The van der Waals surface area contributed by atoms with Crippen LogP contribution in [0, 0.1) is 6.92 Å². The highest BCUT2D eigenvalue weighted by molar-refractivity contribution is 5.76. The molecule has 0 radical (unpaired) electrons. The molecule has 146 valence electrons. The van der Waals surface area contributed by atoms with Gasteiger partial charge in [-0.05, 0) is 24.6 Å². The zero-order valence-corrected chi connectivity index (χ0v) is 16.7. The zero-order chi connectivity index (χ0) is 19.9. The smallest absolute Gasteiger partial charge is 0.247 e. The lowest BCUT2D eigenvalue weighted by molar-refractivity contribution is -0.872. The van der Waals surface area contributed by atoms with Gasteiger partial charge in [-0.3, -0.25) is 4.79 Å². The van der Waals surface area contributed by atoms with Crippen molar-refractivity contribution in [3.63, 3.8) is 0 Å².